The molecule has 14 heavy (non-hydrogen) atoms. The summed E-state index contributed by atoms with van der Waals surface area (Å²) in [6.45, 7) is 2.54. The zero-order chi connectivity index (χ0) is 9.97. The lowest BCUT2D eigenvalue weighted by molar-refractivity contribution is 0.150. The van der Waals surface area contributed by atoms with Gasteiger partial charge in [0.25, 0.3) is 0 Å². The number of nitrogens with zero attached hydrogens (tertiary/aromatic N) is 1. The van der Waals surface area contributed by atoms with Crippen LogP contribution in [0.25, 0.3) is 0 Å². The van der Waals surface area contributed by atoms with E-state index in [2.05, 4.69) is 4.98 Å². The van der Waals surface area contributed by atoms with Crippen molar-refractivity contribution in [1.82, 2.24) is 4.98 Å². The highest BCUT2D eigenvalue weighted by Crippen LogP contribution is 2.29. The number of ether oxygens (including phenoxy) is 1. The molecule has 0 amide bonds. The Balaban J connectivity index is 2.31. The quantitative estimate of drug-likeness (QED) is 0.779. The highest BCUT2D eigenvalue weighted by molar-refractivity contribution is 5.29. The lowest BCUT2D eigenvalue weighted by Crippen LogP contribution is -2.12. The molecule has 3 nitrogen and oxygen atoms in total. The molecule has 3 heteroatoms. The van der Waals surface area contributed by atoms with Crippen molar-refractivity contribution in [3.63, 3.8) is 0 Å². The minimum absolute atomic E-state index is 0.404. The van der Waals surface area contributed by atoms with Crippen LogP contribution in [-0.2, 0) is 6.42 Å². The number of aliphatic hydroxyl groups is 1. The Morgan fingerprint density at radius 1 is 1.57 bits per heavy atom. The number of rotatable bonds is 2. The molecule has 1 aliphatic rings. The molecule has 0 saturated heterocycles. The maximum atomic E-state index is 9.74. The maximum Gasteiger partial charge on any atom is 0.213 e. The molecule has 1 atom stereocenters. The average Bonchev–Trinajstić information content (AvgIpc) is 2.20. The minimum Gasteiger partial charge on any atom is -0.478 e. The van der Waals surface area contributed by atoms with Gasteiger partial charge in [-0.2, -0.15) is 0 Å². The van der Waals surface area contributed by atoms with Crippen LogP contribution >= 0.6 is 0 Å². The Kier molecular flexibility index (Phi) is 2.68. The molecule has 1 heterocycles. The van der Waals surface area contributed by atoms with Gasteiger partial charge in [0.15, 0.2) is 0 Å². The predicted molar refractivity (Wildman–Crippen MR) is 53.3 cm³/mol. The van der Waals surface area contributed by atoms with Crippen molar-refractivity contribution in [3.8, 4) is 5.88 Å². The summed E-state index contributed by atoms with van der Waals surface area (Å²) in [6, 6.07) is 3.88. The Labute approximate surface area is 83.7 Å². The normalized spacial score (nSPS) is 20.3. The first-order valence-corrected chi connectivity index (χ1v) is 5.12. The second-order valence-electron chi connectivity index (χ2n) is 3.53. The van der Waals surface area contributed by atoms with E-state index in [-0.39, 0.29) is 0 Å². The molecule has 1 unspecified atom stereocenters. The van der Waals surface area contributed by atoms with Gasteiger partial charge >= 0.3 is 0 Å². The smallest absolute Gasteiger partial charge is 0.213 e. The highest BCUT2D eigenvalue weighted by Gasteiger charge is 2.19. The standard InChI is InChI=1S/C11H15NO2/c1-2-14-10-7-6-8-4-3-5-9(13)11(8)12-10/h6-7,9,13H,2-5H2,1H3. The van der Waals surface area contributed by atoms with Crippen LogP contribution in [0.3, 0.4) is 0 Å². The number of hydrogen-bond acceptors (Lipinski definition) is 3. The monoisotopic (exact) mass is 193 g/mol. The Bertz CT molecular complexity index is 325. The van der Waals surface area contributed by atoms with Crippen molar-refractivity contribution in [2.45, 2.75) is 32.3 Å². The topological polar surface area (TPSA) is 42.4 Å². The van der Waals surface area contributed by atoms with Crippen LogP contribution in [0.4, 0.5) is 0 Å². The Morgan fingerprint density at radius 3 is 3.21 bits per heavy atom. The van der Waals surface area contributed by atoms with Gasteiger partial charge in [0, 0.05) is 6.07 Å². The van der Waals surface area contributed by atoms with Gasteiger partial charge in [-0.25, -0.2) is 4.98 Å². The van der Waals surface area contributed by atoms with E-state index >= 15 is 0 Å². The summed E-state index contributed by atoms with van der Waals surface area (Å²) in [7, 11) is 0. The van der Waals surface area contributed by atoms with Crippen molar-refractivity contribution in [1.29, 1.82) is 0 Å². The van der Waals surface area contributed by atoms with Crippen molar-refractivity contribution < 1.29 is 9.84 Å². The summed E-state index contributed by atoms with van der Waals surface area (Å²) >= 11 is 0. The molecule has 2 rings (SSSR count). The van der Waals surface area contributed by atoms with Gasteiger partial charge in [0.05, 0.1) is 18.4 Å². The molecule has 0 saturated carbocycles. The zero-order valence-corrected chi connectivity index (χ0v) is 8.36. The first-order valence-electron chi connectivity index (χ1n) is 5.12. The number of aromatic nitrogens is 1. The number of aryl methyl sites for hydroxylation is 1. The third kappa shape index (κ3) is 1.73. The molecule has 1 aromatic rings. The molecular weight excluding hydrogens is 178 g/mol. The fraction of sp³-hybridized carbons (Fsp3) is 0.545. The molecule has 0 bridgehead atoms. The minimum atomic E-state index is -0.404. The van der Waals surface area contributed by atoms with Gasteiger partial charge in [-0.05, 0) is 31.7 Å². The van der Waals surface area contributed by atoms with Crippen molar-refractivity contribution in [2.75, 3.05) is 6.61 Å². The van der Waals surface area contributed by atoms with E-state index < -0.39 is 6.10 Å². The molecule has 0 spiro atoms. The number of pyridine rings is 1. The van der Waals surface area contributed by atoms with Crippen molar-refractivity contribution in [2.24, 2.45) is 0 Å². The summed E-state index contributed by atoms with van der Waals surface area (Å²) in [4.78, 5) is 4.31. The van der Waals surface area contributed by atoms with Crippen LogP contribution in [0.2, 0.25) is 0 Å². The van der Waals surface area contributed by atoms with E-state index in [1.807, 2.05) is 19.1 Å². The van der Waals surface area contributed by atoms with E-state index in [0.29, 0.717) is 12.5 Å². The molecule has 1 N–H and O–H groups in total. The third-order valence-electron chi connectivity index (χ3n) is 2.52. The number of hydrogen-bond donors (Lipinski definition) is 1. The largest absolute Gasteiger partial charge is 0.478 e. The first kappa shape index (κ1) is 9.46. The fourth-order valence-electron chi connectivity index (χ4n) is 1.84. The molecule has 0 radical (unpaired) electrons. The molecule has 1 aromatic heterocycles. The van der Waals surface area contributed by atoms with E-state index in [9.17, 15) is 5.11 Å². The number of aliphatic hydroxyl groups excluding tert-OH is 1. The highest BCUT2D eigenvalue weighted by atomic mass is 16.5. The Morgan fingerprint density at radius 2 is 2.43 bits per heavy atom. The van der Waals surface area contributed by atoms with Gasteiger partial charge in [-0.1, -0.05) is 6.07 Å². The van der Waals surface area contributed by atoms with Crippen LogP contribution < -0.4 is 4.74 Å². The SMILES string of the molecule is CCOc1ccc2c(n1)C(O)CCC2. The molecular formula is C11H15NO2. The predicted octanol–water partition coefficient (Wildman–Crippen LogP) is 1.85. The molecule has 76 valence electrons. The van der Waals surface area contributed by atoms with E-state index in [1.165, 1.54) is 0 Å². The van der Waals surface area contributed by atoms with Crippen LogP contribution in [0.15, 0.2) is 12.1 Å². The average molecular weight is 193 g/mol. The summed E-state index contributed by atoms with van der Waals surface area (Å²) < 4.78 is 5.30. The summed E-state index contributed by atoms with van der Waals surface area (Å²) in [5.74, 6) is 0.618. The number of fused-ring (bicyclic) bond motifs is 1. The summed E-state index contributed by atoms with van der Waals surface area (Å²) in [5.41, 5.74) is 1.97. The van der Waals surface area contributed by atoms with Gasteiger partial charge in [0.1, 0.15) is 0 Å². The lowest BCUT2D eigenvalue weighted by Gasteiger charge is -2.20. The molecule has 0 aromatic carbocycles. The third-order valence-corrected chi connectivity index (χ3v) is 2.52. The summed E-state index contributed by atoms with van der Waals surface area (Å²) in [5, 5.41) is 9.74. The summed E-state index contributed by atoms with van der Waals surface area (Å²) in [6.07, 6.45) is 2.48. The zero-order valence-electron chi connectivity index (χ0n) is 8.36. The lowest BCUT2D eigenvalue weighted by atomic mass is 9.94. The van der Waals surface area contributed by atoms with Gasteiger partial charge in [-0.3, -0.25) is 0 Å². The van der Waals surface area contributed by atoms with E-state index in [0.717, 1.165) is 30.5 Å². The Hall–Kier alpha value is -1.09. The fourth-order valence-corrected chi connectivity index (χ4v) is 1.84. The van der Waals surface area contributed by atoms with Crippen LogP contribution in [0, 0.1) is 0 Å². The first-order chi connectivity index (χ1) is 6.81. The van der Waals surface area contributed by atoms with Gasteiger partial charge in [0.2, 0.25) is 5.88 Å². The second kappa shape index (κ2) is 3.96. The van der Waals surface area contributed by atoms with Crippen molar-refractivity contribution in [3.05, 3.63) is 23.4 Å². The van der Waals surface area contributed by atoms with E-state index in [4.69, 9.17) is 4.74 Å². The second-order valence-corrected chi connectivity index (χ2v) is 3.53. The van der Waals surface area contributed by atoms with Crippen molar-refractivity contribution >= 4 is 0 Å². The van der Waals surface area contributed by atoms with Crippen LogP contribution in [0.1, 0.15) is 37.1 Å². The molecule has 1 aliphatic carbocycles. The van der Waals surface area contributed by atoms with Crippen LogP contribution in [0.5, 0.6) is 5.88 Å². The maximum absolute atomic E-state index is 9.74. The van der Waals surface area contributed by atoms with E-state index in [1.54, 1.807) is 0 Å². The molecule has 0 fully saturated rings. The molecule has 0 aliphatic heterocycles. The van der Waals surface area contributed by atoms with Gasteiger partial charge in [-0.15, -0.1) is 0 Å². The van der Waals surface area contributed by atoms with Crippen LogP contribution in [-0.4, -0.2) is 16.7 Å². The van der Waals surface area contributed by atoms with Gasteiger partial charge < -0.3 is 9.84 Å².